The Morgan fingerprint density at radius 1 is 1.53 bits per heavy atom. The normalized spacial score (nSPS) is 18.4. The van der Waals surface area contributed by atoms with E-state index in [1.165, 1.54) is 6.07 Å². The first-order valence-electron chi connectivity index (χ1n) is 6.37. The third-order valence-corrected chi connectivity index (χ3v) is 3.29. The van der Waals surface area contributed by atoms with Crippen LogP contribution < -0.4 is 0 Å². The number of halogens is 1. The second-order valence-corrected chi connectivity index (χ2v) is 4.71. The fourth-order valence-electron chi connectivity index (χ4n) is 2.19. The maximum absolute atomic E-state index is 13.5. The maximum atomic E-state index is 13.5. The molecular formula is C15H18FNO2. The predicted octanol–water partition coefficient (Wildman–Crippen LogP) is 1.39. The van der Waals surface area contributed by atoms with Crippen molar-refractivity contribution in [2.75, 3.05) is 26.9 Å². The molecule has 0 aromatic heterocycles. The first-order chi connectivity index (χ1) is 9.20. The van der Waals surface area contributed by atoms with Crippen molar-refractivity contribution in [1.29, 1.82) is 0 Å². The van der Waals surface area contributed by atoms with E-state index in [0.717, 1.165) is 31.7 Å². The summed E-state index contributed by atoms with van der Waals surface area (Å²) in [6.07, 6.45) is 1.04. The molecule has 1 heterocycles. The van der Waals surface area contributed by atoms with E-state index >= 15 is 0 Å². The molecule has 1 aromatic rings. The smallest absolute Gasteiger partial charge is 0.138 e. The molecule has 0 spiro atoms. The zero-order valence-electron chi connectivity index (χ0n) is 11.0. The molecule has 0 amide bonds. The molecule has 19 heavy (non-hydrogen) atoms. The van der Waals surface area contributed by atoms with Crippen LogP contribution in [-0.2, 0) is 11.3 Å². The monoisotopic (exact) mass is 263 g/mol. The van der Waals surface area contributed by atoms with Gasteiger partial charge in [0, 0.05) is 19.2 Å². The van der Waals surface area contributed by atoms with Crippen LogP contribution in [0, 0.1) is 17.7 Å². The van der Waals surface area contributed by atoms with Crippen LogP contribution in [0.5, 0.6) is 0 Å². The van der Waals surface area contributed by atoms with Gasteiger partial charge in [0.1, 0.15) is 12.4 Å². The molecule has 1 saturated heterocycles. The summed E-state index contributed by atoms with van der Waals surface area (Å²) in [6.45, 7) is 2.05. The number of aliphatic hydroxyl groups is 1. The van der Waals surface area contributed by atoms with Crippen LogP contribution in [-0.4, -0.2) is 42.9 Å². The van der Waals surface area contributed by atoms with E-state index in [1.807, 2.05) is 7.05 Å². The predicted molar refractivity (Wildman–Crippen MR) is 71.1 cm³/mol. The quantitative estimate of drug-likeness (QED) is 0.837. The van der Waals surface area contributed by atoms with Gasteiger partial charge < -0.3 is 9.84 Å². The molecule has 1 atom stereocenters. The van der Waals surface area contributed by atoms with Crippen molar-refractivity contribution in [2.45, 2.75) is 19.0 Å². The van der Waals surface area contributed by atoms with Crippen molar-refractivity contribution in [3.05, 3.63) is 35.1 Å². The first kappa shape index (κ1) is 14.0. The number of hydrogen-bond donors (Lipinski definition) is 1. The van der Waals surface area contributed by atoms with Gasteiger partial charge in [-0.2, -0.15) is 0 Å². The average molecular weight is 263 g/mol. The summed E-state index contributed by atoms with van der Waals surface area (Å²) in [5.41, 5.74) is 1.35. The summed E-state index contributed by atoms with van der Waals surface area (Å²) < 4.78 is 18.9. The van der Waals surface area contributed by atoms with Crippen LogP contribution in [0.2, 0.25) is 0 Å². The molecule has 2 rings (SSSR count). The van der Waals surface area contributed by atoms with E-state index < -0.39 is 0 Å². The van der Waals surface area contributed by atoms with Crippen molar-refractivity contribution in [3.63, 3.8) is 0 Å². The van der Waals surface area contributed by atoms with Crippen molar-refractivity contribution >= 4 is 0 Å². The molecule has 0 saturated carbocycles. The number of hydrogen-bond acceptors (Lipinski definition) is 3. The zero-order chi connectivity index (χ0) is 13.7. The van der Waals surface area contributed by atoms with Crippen LogP contribution in [0.3, 0.4) is 0 Å². The van der Waals surface area contributed by atoms with E-state index in [-0.39, 0.29) is 12.4 Å². The summed E-state index contributed by atoms with van der Waals surface area (Å²) in [7, 11) is 2.04. The zero-order valence-corrected chi connectivity index (χ0v) is 11.0. The number of ether oxygens (including phenoxy) is 1. The molecule has 0 aliphatic carbocycles. The minimum Gasteiger partial charge on any atom is -0.384 e. The van der Waals surface area contributed by atoms with Gasteiger partial charge in [-0.25, -0.2) is 4.39 Å². The fraction of sp³-hybridized carbons (Fsp3) is 0.467. The molecule has 1 N–H and O–H groups in total. The summed E-state index contributed by atoms with van der Waals surface area (Å²) in [4.78, 5) is 2.21. The SMILES string of the molecule is CN(Cc1ccc(F)c(C#CCO)c1)C1CCOC1. The standard InChI is InChI=1S/C15H18FNO2/c1-17(14-6-8-19-11-14)10-12-4-5-15(16)13(9-12)3-2-7-18/h4-5,9,14,18H,6-8,10-11H2,1H3. The second-order valence-electron chi connectivity index (χ2n) is 4.71. The van der Waals surface area contributed by atoms with E-state index in [9.17, 15) is 4.39 Å². The fourth-order valence-corrected chi connectivity index (χ4v) is 2.19. The highest BCUT2D eigenvalue weighted by atomic mass is 19.1. The Hall–Kier alpha value is -1.41. The Kier molecular flexibility index (Phi) is 4.92. The number of aliphatic hydroxyl groups excluding tert-OH is 1. The summed E-state index contributed by atoms with van der Waals surface area (Å²) in [5.74, 6) is 4.75. The van der Waals surface area contributed by atoms with E-state index in [4.69, 9.17) is 9.84 Å². The lowest BCUT2D eigenvalue weighted by Crippen LogP contribution is -2.31. The van der Waals surface area contributed by atoms with E-state index in [2.05, 4.69) is 16.7 Å². The Balaban J connectivity index is 2.07. The molecule has 0 radical (unpaired) electrons. The Bertz CT molecular complexity index is 487. The van der Waals surface area contributed by atoms with Crippen LogP contribution in [0.1, 0.15) is 17.5 Å². The molecule has 0 bridgehead atoms. The van der Waals surface area contributed by atoms with Gasteiger partial charge in [-0.3, -0.25) is 4.90 Å². The Morgan fingerprint density at radius 3 is 3.05 bits per heavy atom. The van der Waals surface area contributed by atoms with Gasteiger partial charge in [0.05, 0.1) is 12.2 Å². The van der Waals surface area contributed by atoms with E-state index in [0.29, 0.717) is 11.6 Å². The van der Waals surface area contributed by atoms with Crippen molar-refractivity contribution in [2.24, 2.45) is 0 Å². The van der Waals surface area contributed by atoms with Gasteiger partial charge in [0.15, 0.2) is 0 Å². The highest BCUT2D eigenvalue weighted by Crippen LogP contribution is 2.16. The molecule has 102 valence electrons. The summed E-state index contributed by atoms with van der Waals surface area (Å²) in [5, 5.41) is 8.66. The Labute approximate surface area is 113 Å². The molecule has 1 aromatic carbocycles. The van der Waals surface area contributed by atoms with Gasteiger partial charge in [-0.15, -0.1) is 0 Å². The van der Waals surface area contributed by atoms with Gasteiger partial charge >= 0.3 is 0 Å². The second kappa shape index (κ2) is 6.67. The lowest BCUT2D eigenvalue weighted by atomic mass is 10.1. The molecular weight excluding hydrogens is 245 g/mol. The van der Waals surface area contributed by atoms with Crippen molar-refractivity contribution in [1.82, 2.24) is 4.90 Å². The number of rotatable bonds is 3. The topological polar surface area (TPSA) is 32.7 Å². The van der Waals surface area contributed by atoms with Gasteiger partial charge in [-0.05, 0) is 31.2 Å². The molecule has 3 nitrogen and oxygen atoms in total. The van der Waals surface area contributed by atoms with Crippen LogP contribution in [0.25, 0.3) is 0 Å². The van der Waals surface area contributed by atoms with Crippen LogP contribution in [0.4, 0.5) is 4.39 Å². The minimum absolute atomic E-state index is 0.261. The van der Waals surface area contributed by atoms with Gasteiger partial charge in [-0.1, -0.05) is 17.9 Å². The lowest BCUT2D eigenvalue weighted by Gasteiger charge is -2.22. The van der Waals surface area contributed by atoms with Crippen LogP contribution >= 0.6 is 0 Å². The Morgan fingerprint density at radius 2 is 2.37 bits per heavy atom. The summed E-state index contributed by atoms with van der Waals surface area (Å²) in [6, 6.07) is 5.36. The third-order valence-electron chi connectivity index (χ3n) is 3.29. The van der Waals surface area contributed by atoms with Crippen molar-refractivity contribution in [3.8, 4) is 11.8 Å². The highest BCUT2D eigenvalue weighted by Gasteiger charge is 2.20. The highest BCUT2D eigenvalue weighted by molar-refractivity contribution is 5.38. The maximum Gasteiger partial charge on any atom is 0.138 e. The van der Waals surface area contributed by atoms with Crippen LogP contribution in [0.15, 0.2) is 18.2 Å². The number of likely N-dealkylation sites (N-methyl/N-ethyl adjacent to an activating group) is 1. The first-order valence-corrected chi connectivity index (χ1v) is 6.37. The largest absolute Gasteiger partial charge is 0.384 e. The average Bonchev–Trinajstić information content (AvgIpc) is 2.93. The van der Waals surface area contributed by atoms with Gasteiger partial charge in [0.2, 0.25) is 0 Å². The number of nitrogens with zero attached hydrogens (tertiary/aromatic N) is 1. The summed E-state index contributed by atoms with van der Waals surface area (Å²) >= 11 is 0. The molecule has 1 aliphatic heterocycles. The molecule has 1 fully saturated rings. The number of benzene rings is 1. The minimum atomic E-state index is -0.350. The molecule has 1 unspecified atom stereocenters. The lowest BCUT2D eigenvalue weighted by molar-refractivity contribution is 0.156. The van der Waals surface area contributed by atoms with Gasteiger partial charge in [0.25, 0.3) is 0 Å². The third kappa shape index (κ3) is 3.77. The molecule has 1 aliphatic rings. The van der Waals surface area contributed by atoms with Crippen molar-refractivity contribution < 1.29 is 14.2 Å². The molecule has 4 heteroatoms. The van der Waals surface area contributed by atoms with E-state index in [1.54, 1.807) is 12.1 Å².